The highest BCUT2D eigenvalue weighted by Crippen LogP contribution is 2.31. The Morgan fingerprint density at radius 3 is 2.61 bits per heavy atom. The number of fused-ring (bicyclic) bond motifs is 1. The third-order valence-electron chi connectivity index (χ3n) is 3.81. The first kappa shape index (κ1) is 15.2. The molecule has 2 aliphatic rings. The molecule has 7 heteroatoms. The second-order valence-corrected chi connectivity index (χ2v) is 5.81. The summed E-state index contributed by atoms with van der Waals surface area (Å²) in [5.74, 6) is -1.23. The molecule has 0 bridgehead atoms. The Morgan fingerprint density at radius 2 is 2.00 bits per heavy atom. The van der Waals surface area contributed by atoms with Gasteiger partial charge in [-0.15, -0.1) is 0 Å². The fourth-order valence-corrected chi connectivity index (χ4v) is 2.85. The van der Waals surface area contributed by atoms with Crippen molar-refractivity contribution in [2.45, 2.75) is 38.8 Å². The maximum Gasteiger partial charge on any atom is 0.271 e. The van der Waals surface area contributed by atoms with Gasteiger partial charge in [0.05, 0.1) is 17.2 Å². The summed E-state index contributed by atoms with van der Waals surface area (Å²) in [6.45, 7) is 3.68. The van der Waals surface area contributed by atoms with E-state index in [1.807, 2.05) is 13.8 Å². The number of rotatable bonds is 2. The van der Waals surface area contributed by atoms with Gasteiger partial charge in [0.25, 0.3) is 17.7 Å². The van der Waals surface area contributed by atoms with Gasteiger partial charge in [0.1, 0.15) is 6.04 Å². The zero-order chi connectivity index (χ0) is 16.7. The van der Waals surface area contributed by atoms with E-state index in [0.717, 1.165) is 4.90 Å². The molecule has 7 nitrogen and oxygen atoms in total. The molecule has 1 aromatic rings. The number of nitrogen functional groups attached to an aromatic ring is 1. The quantitative estimate of drug-likeness (QED) is 0.656. The monoisotopic (exact) mass is 315 g/mol. The van der Waals surface area contributed by atoms with Gasteiger partial charge in [-0.3, -0.25) is 19.3 Å². The molecule has 2 heterocycles. The number of imide groups is 1. The molecular formula is C16H17N3O4. The van der Waals surface area contributed by atoms with E-state index in [1.54, 1.807) is 12.1 Å². The predicted molar refractivity (Wildman–Crippen MR) is 83.0 cm³/mol. The van der Waals surface area contributed by atoms with Crippen LogP contribution in [0.4, 0.5) is 5.69 Å². The first-order valence-corrected chi connectivity index (χ1v) is 7.44. The number of anilines is 1. The van der Waals surface area contributed by atoms with Crippen LogP contribution in [0.15, 0.2) is 23.2 Å². The molecule has 0 aromatic heterocycles. The van der Waals surface area contributed by atoms with E-state index in [0.29, 0.717) is 18.7 Å². The molecule has 23 heavy (non-hydrogen) atoms. The average Bonchev–Trinajstić information content (AvgIpc) is 2.72. The second-order valence-electron chi connectivity index (χ2n) is 5.81. The third-order valence-corrected chi connectivity index (χ3v) is 3.81. The van der Waals surface area contributed by atoms with Crippen LogP contribution in [0.5, 0.6) is 0 Å². The number of ether oxygens (including phenoxy) is 1. The van der Waals surface area contributed by atoms with Crippen LogP contribution < -0.4 is 5.73 Å². The van der Waals surface area contributed by atoms with Crippen molar-refractivity contribution in [3.63, 3.8) is 0 Å². The van der Waals surface area contributed by atoms with Gasteiger partial charge in [0, 0.05) is 12.1 Å². The summed E-state index contributed by atoms with van der Waals surface area (Å²) >= 11 is 0. The molecule has 0 saturated heterocycles. The number of carbonyl (C=O) groups is 3. The first-order chi connectivity index (χ1) is 10.9. The summed E-state index contributed by atoms with van der Waals surface area (Å²) in [4.78, 5) is 42.1. The summed E-state index contributed by atoms with van der Waals surface area (Å²) in [6, 6.07) is 3.80. The maximum atomic E-state index is 12.5. The summed E-state index contributed by atoms with van der Waals surface area (Å²) in [7, 11) is 0. The SMILES string of the molecule is CC(C)OC1=NC(=O)C(N2C(=O)c3cccc(N)c3C2=O)CC1. The number of nitrogens with two attached hydrogens (primary N) is 1. The fraction of sp³-hybridized carbons (Fsp3) is 0.375. The highest BCUT2D eigenvalue weighted by Gasteiger charge is 2.44. The van der Waals surface area contributed by atoms with E-state index in [1.165, 1.54) is 6.07 Å². The zero-order valence-electron chi connectivity index (χ0n) is 12.9. The first-order valence-electron chi connectivity index (χ1n) is 7.44. The number of hydrogen-bond donors (Lipinski definition) is 1. The number of carbonyl (C=O) groups excluding carboxylic acids is 3. The Bertz CT molecular complexity index is 739. The Balaban J connectivity index is 1.89. The summed E-state index contributed by atoms with van der Waals surface area (Å²) in [6.07, 6.45) is 0.616. The highest BCUT2D eigenvalue weighted by molar-refractivity contribution is 6.25. The van der Waals surface area contributed by atoms with E-state index in [-0.39, 0.29) is 22.9 Å². The van der Waals surface area contributed by atoms with Crippen molar-refractivity contribution >= 4 is 29.3 Å². The lowest BCUT2D eigenvalue weighted by molar-refractivity contribution is -0.122. The Hall–Kier alpha value is -2.70. The minimum Gasteiger partial charge on any atom is -0.478 e. The van der Waals surface area contributed by atoms with Gasteiger partial charge in [0.2, 0.25) is 0 Å². The van der Waals surface area contributed by atoms with E-state index >= 15 is 0 Å². The smallest absolute Gasteiger partial charge is 0.271 e. The lowest BCUT2D eigenvalue weighted by Crippen LogP contribution is -2.46. The normalized spacial score (nSPS) is 20.8. The minimum absolute atomic E-state index is 0.0859. The van der Waals surface area contributed by atoms with Crippen LogP contribution >= 0.6 is 0 Å². The molecule has 0 spiro atoms. The van der Waals surface area contributed by atoms with Crippen molar-refractivity contribution in [2.75, 3.05) is 5.73 Å². The van der Waals surface area contributed by atoms with Gasteiger partial charge in [-0.1, -0.05) is 6.07 Å². The standard InChI is InChI=1S/C16H17N3O4/c1-8(2)23-12-7-6-11(14(20)18-12)19-15(21)9-4-3-5-10(17)13(9)16(19)22/h3-5,8,11H,6-7,17H2,1-2H3. The van der Waals surface area contributed by atoms with Crippen LogP contribution in [0.25, 0.3) is 0 Å². The molecule has 120 valence electrons. The van der Waals surface area contributed by atoms with Crippen molar-refractivity contribution in [1.82, 2.24) is 4.90 Å². The van der Waals surface area contributed by atoms with E-state index in [2.05, 4.69) is 4.99 Å². The number of nitrogens with zero attached hydrogens (tertiary/aromatic N) is 2. The maximum absolute atomic E-state index is 12.5. The van der Waals surface area contributed by atoms with Gasteiger partial charge >= 0.3 is 0 Å². The van der Waals surface area contributed by atoms with Crippen molar-refractivity contribution < 1.29 is 19.1 Å². The van der Waals surface area contributed by atoms with Crippen LogP contribution in [-0.2, 0) is 9.53 Å². The van der Waals surface area contributed by atoms with Crippen molar-refractivity contribution in [3.8, 4) is 0 Å². The van der Waals surface area contributed by atoms with Crippen molar-refractivity contribution in [3.05, 3.63) is 29.3 Å². The van der Waals surface area contributed by atoms with Crippen LogP contribution in [0.3, 0.4) is 0 Å². The minimum atomic E-state index is -0.902. The number of amides is 3. The molecule has 2 aliphatic heterocycles. The van der Waals surface area contributed by atoms with Gasteiger partial charge in [-0.2, -0.15) is 4.99 Å². The zero-order valence-corrected chi connectivity index (χ0v) is 12.9. The fourth-order valence-electron chi connectivity index (χ4n) is 2.85. The highest BCUT2D eigenvalue weighted by atomic mass is 16.5. The molecule has 3 amide bonds. The van der Waals surface area contributed by atoms with Crippen molar-refractivity contribution in [2.24, 2.45) is 4.99 Å². The number of aliphatic imine (C=N–C) groups is 1. The largest absolute Gasteiger partial charge is 0.478 e. The Morgan fingerprint density at radius 1 is 1.26 bits per heavy atom. The van der Waals surface area contributed by atoms with Gasteiger partial charge in [-0.05, 0) is 32.4 Å². The summed E-state index contributed by atoms with van der Waals surface area (Å²) in [5, 5.41) is 0. The molecule has 0 radical (unpaired) electrons. The number of benzene rings is 1. The van der Waals surface area contributed by atoms with Gasteiger partial charge < -0.3 is 10.5 Å². The molecule has 1 atom stereocenters. The van der Waals surface area contributed by atoms with E-state index < -0.39 is 23.8 Å². The lowest BCUT2D eigenvalue weighted by Gasteiger charge is -2.27. The Kier molecular flexibility index (Phi) is 3.63. The topological polar surface area (TPSA) is 102 Å². The molecular weight excluding hydrogens is 298 g/mol. The Labute approximate surface area is 133 Å². The molecule has 0 aliphatic carbocycles. The van der Waals surface area contributed by atoms with Crippen molar-refractivity contribution in [1.29, 1.82) is 0 Å². The van der Waals surface area contributed by atoms with Crippen LogP contribution in [0.1, 0.15) is 47.4 Å². The average molecular weight is 315 g/mol. The second kappa shape index (κ2) is 5.49. The molecule has 0 fully saturated rings. The molecule has 1 unspecified atom stereocenters. The predicted octanol–water partition coefficient (Wildman–Crippen LogP) is 1.38. The van der Waals surface area contributed by atoms with E-state index in [9.17, 15) is 14.4 Å². The van der Waals surface area contributed by atoms with Gasteiger partial charge in [-0.25, -0.2) is 0 Å². The van der Waals surface area contributed by atoms with Crippen LogP contribution in [0.2, 0.25) is 0 Å². The van der Waals surface area contributed by atoms with Crippen LogP contribution in [-0.4, -0.2) is 40.7 Å². The van der Waals surface area contributed by atoms with Gasteiger partial charge in [0.15, 0.2) is 5.90 Å². The van der Waals surface area contributed by atoms with Crippen LogP contribution in [0, 0.1) is 0 Å². The lowest BCUT2D eigenvalue weighted by atomic mass is 10.1. The summed E-state index contributed by atoms with van der Waals surface area (Å²) in [5.41, 5.74) is 6.43. The number of hydrogen-bond acceptors (Lipinski definition) is 5. The molecule has 2 N–H and O–H groups in total. The molecule has 0 saturated carbocycles. The third kappa shape index (κ3) is 2.48. The molecule has 3 rings (SSSR count). The summed E-state index contributed by atoms with van der Waals surface area (Å²) < 4.78 is 5.43. The van der Waals surface area contributed by atoms with E-state index in [4.69, 9.17) is 10.5 Å². The molecule has 1 aromatic carbocycles.